The van der Waals surface area contributed by atoms with Gasteiger partial charge in [-0.3, -0.25) is 4.90 Å². The second-order valence-corrected chi connectivity index (χ2v) is 7.03. The van der Waals surface area contributed by atoms with Gasteiger partial charge in [0.05, 0.1) is 5.69 Å². The van der Waals surface area contributed by atoms with E-state index in [4.69, 9.17) is 5.73 Å². The van der Waals surface area contributed by atoms with Crippen LogP contribution >= 0.6 is 15.9 Å². The third-order valence-corrected chi connectivity index (χ3v) is 5.57. The number of hydrogen-bond donors (Lipinski definition) is 3. The second kappa shape index (κ2) is 6.55. The molecule has 5 heteroatoms. The van der Waals surface area contributed by atoms with Crippen molar-refractivity contribution in [3.8, 4) is 5.75 Å². The van der Waals surface area contributed by atoms with Gasteiger partial charge in [0, 0.05) is 42.3 Å². The number of phenolic OH excluding ortho intramolecular Hbond substituents is 1. The number of hydrogen-bond acceptors (Lipinski definition) is 4. The van der Waals surface area contributed by atoms with Gasteiger partial charge in [0.2, 0.25) is 0 Å². The highest BCUT2D eigenvalue weighted by molar-refractivity contribution is 9.10. The van der Waals surface area contributed by atoms with E-state index in [1.54, 1.807) is 6.07 Å². The number of piperazine rings is 1. The number of nitrogen functional groups attached to an aromatic ring is 1. The summed E-state index contributed by atoms with van der Waals surface area (Å²) in [5, 5.41) is 14.0. The quantitative estimate of drug-likeness (QED) is 0.577. The molecular formula is C16H24BrN3O. The lowest BCUT2D eigenvalue weighted by atomic mass is 9.89. The first-order valence-electron chi connectivity index (χ1n) is 7.90. The molecule has 1 aromatic rings. The summed E-state index contributed by atoms with van der Waals surface area (Å²) >= 11 is 3.64. The number of nitrogens with zero attached hydrogens (tertiary/aromatic N) is 1. The molecule has 0 bridgehead atoms. The number of aromatic hydroxyl groups is 1. The van der Waals surface area contributed by atoms with E-state index in [2.05, 4.69) is 26.1 Å². The summed E-state index contributed by atoms with van der Waals surface area (Å²) in [6, 6.07) is 4.01. The van der Waals surface area contributed by atoms with Crippen LogP contribution in [0.2, 0.25) is 0 Å². The molecule has 0 amide bonds. The zero-order valence-electron chi connectivity index (χ0n) is 12.3. The van der Waals surface area contributed by atoms with Gasteiger partial charge in [-0.15, -0.1) is 0 Å². The Morgan fingerprint density at radius 3 is 2.57 bits per heavy atom. The SMILES string of the molecule is Nc1ccc(Br)c([C@@H](C2CCCC2)N2CCNCC2)c1O. The van der Waals surface area contributed by atoms with Crippen molar-refractivity contribution in [1.82, 2.24) is 10.2 Å². The van der Waals surface area contributed by atoms with Crippen molar-refractivity contribution in [3.63, 3.8) is 0 Å². The van der Waals surface area contributed by atoms with Gasteiger partial charge in [0.25, 0.3) is 0 Å². The van der Waals surface area contributed by atoms with E-state index in [0.29, 0.717) is 11.6 Å². The molecule has 1 atom stereocenters. The van der Waals surface area contributed by atoms with Crippen molar-refractivity contribution >= 4 is 21.6 Å². The minimum atomic E-state index is 0.264. The number of benzene rings is 1. The summed E-state index contributed by atoms with van der Waals surface area (Å²) < 4.78 is 0.977. The molecule has 116 valence electrons. The first-order valence-corrected chi connectivity index (χ1v) is 8.69. The molecule has 2 aliphatic rings. The molecule has 1 heterocycles. The Morgan fingerprint density at radius 1 is 1.24 bits per heavy atom. The second-order valence-electron chi connectivity index (χ2n) is 6.17. The highest BCUT2D eigenvalue weighted by atomic mass is 79.9. The number of nitrogens with one attached hydrogen (secondary N) is 1. The Hall–Kier alpha value is -0.780. The maximum atomic E-state index is 10.5. The Kier molecular flexibility index (Phi) is 4.72. The van der Waals surface area contributed by atoms with Gasteiger partial charge < -0.3 is 16.2 Å². The van der Waals surface area contributed by atoms with E-state index in [1.807, 2.05) is 6.07 Å². The molecule has 1 aliphatic carbocycles. The number of anilines is 1. The van der Waals surface area contributed by atoms with Crippen LogP contribution in [-0.4, -0.2) is 36.2 Å². The van der Waals surface area contributed by atoms with Crippen LogP contribution < -0.4 is 11.1 Å². The van der Waals surface area contributed by atoms with Crippen molar-refractivity contribution < 1.29 is 5.11 Å². The molecule has 21 heavy (non-hydrogen) atoms. The lowest BCUT2D eigenvalue weighted by Gasteiger charge is -2.39. The van der Waals surface area contributed by atoms with Crippen molar-refractivity contribution in [2.75, 3.05) is 31.9 Å². The van der Waals surface area contributed by atoms with Gasteiger partial charge in [-0.05, 0) is 30.9 Å². The molecule has 1 saturated carbocycles. The van der Waals surface area contributed by atoms with E-state index in [-0.39, 0.29) is 11.8 Å². The molecule has 1 saturated heterocycles. The summed E-state index contributed by atoms with van der Waals surface area (Å²) in [5.74, 6) is 0.881. The molecule has 0 radical (unpaired) electrons. The standard InChI is InChI=1S/C16H24BrN3O/c17-12-5-6-13(18)16(21)14(12)15(11-3-1-2-4-11)20-9-7-19-8-10-20/h5-6,11,15,19,21H,1-4,7-10,18H2/t15-/m1/s1. The van der Waals surface area contributed by atoms with Crippen molar-refractivity contribution in [2.45, 2.75) is 31.7 Å². The Morgan fingerprint density at radius 2 is 1.90 bits per heavy atom. The molecule has 3 rings (SSSR count). The van der Waals surface area contributed by atoms with Gasteiger partial charge >= 0.3 is 0 Å². The summed E-state index contributed by atoms with van der Waals surface area (Å²) in [5.41, 5.74) is 7.42. The largest absolute Gasteiger partial charge is 0.505 e. The Balaban J connectivity index is 1.99. The maximum absolute atomic E-state index is 10.5. The monoisotopic (exact) mass is 353 g/mol. The lowest BCUT2D eigenvalue weighted by molar-refractivity contribution is 0.123. The Bertz CT molecular complexity index is 497. The molecule has 2 fully saturated rings. The number of halogens is 1. The fourth-order valence-electron chi connectivity index (χ4n) is 3.83. The minimum absolute atomic E-state index is 0.264. The van der Waals surface area contributed by atoms with E-state index < -0.39 is 0 Å². The van der Waals surface area contributed by atoms with Gasteiger partial charge in [-0.25, -0.2) is 0 Å². The topological polar surface area (TPSA) is 61.5 Å². The van der Waals surface area contributed by atoms with Crippen LogP contribution in [0.25, 0.3) is 0 Å². The van der Waals surface area contributed by atoms with Crippen LogP contribution in [0, 0.1) is 5.92 Å². The average Bonchev–Trinajstić information content (AvgIpc) is 3.02. The summed E-state index contributed by atoms with van der Waals surface area (Å²) in [6.07, 6.45) is 5.09. The molecule has 1 aliphatic heterocycles. The van der Waals surface area contributed by atoms with Crippen LogP contribution in [0.3, 0.4) is 0 Å². The summed E-state index contributed by atoms with van der Waals surface area (Å²) in [4.78, 5) is 2.52. The Labute approximate surface area is 134 Å². The molecule has 4 N–H and O–H groups in total. The third-order valence-electron chi connectivity index (χ3n) is 4.88. The molecule has 1 aromatic carbocycles. The molecule has 4 nitrogen and oxygen atoms in total. The normalized spacial score (nSPS) is 22.5. The van der Waals surface area contributed by atoms with Crippen LogP contribution in [0.4, 0.5) is 5.69 Å². The average molecular weight is 354 g/mol. The lowest BCUT2D eigenvalue weighted by Crippen LogP contribution is -2.46. The maximum Gasteiger partial charge on any atom is 0.144 e. The zero-order valence-corrected chi connectivity index (χ0v) is 13.9. The van der Waals surface area contributed by atoms with Gasteiger partial charge in [-0.1, -0.05) is 28.8 Å². The van der Waals surface area contributed by atoms with Crippen LogP contribution in [0.1, 0.15) is 37.3 Å². The third kappa shape index (κ3) is 3.05. The van der Waals surface area contributed by atoms with Crippen molar-refractivity contribution in [2.24, 2.45) is 5.92 Å². The van der Waals surface area contributed by atoms with E-state index in [0.717, 1.165) is 36.2 Å². The first-order chi connectivity index (χ1) is 10.2. The number of phenols is 1. The summed E-state index contributed by atoms with van der Waals surface area (Å²) in [6.45, 7) is 4.09. The molecule has 0 aromatic heterocycles. The van der Waals surface area contributed by atoms with Crippen LogP contribution in [-0.2, 0) is 0 Å². The minimum Gasteiger partial charge on any atom is -0.505 e. The highest BCUT2D eigenvalue weighted by Crippen LogP contribution is 2.46. The highest BCUT2D eigenvalue weighted by Gasteiger charge is 2.35. The fourth-order valence-corrected chi connectivity index (χ4v) is 4.39. The van der Waals surface area contributed by atoms with Gasteiger partial charge in [0.1, 0.15) is 5.75 Å². The smallest absolute Gasteiger partial charge is 0.144 e. The first kappa shape index (κ1) is 15.1. The van der Waals surface area contributed by atoms with Crippen molar-refractivity contribution in [1.29, 1.82) is 0 Å². The van der Waals surface area contributed by atoms with E-state index >= 15 is 0 Å². The zero-order chi connectivity index (χ0) is 14.8. The predicted molar refractivity (Wildman–Crippen MR) is 89.4 cm³/mol. The number of nitrogens with two attached hydrogens (primary N) is 1. The van der Waals surface area contributed by atoms with E-state index in [9.17, 15) is 5.11 Å². The predicted octanol–water partition coefficient (Wildman–Crippen LogP) is 2.87. The molecule has 0 unspecified atom stereocenters. The van der Waals surface area contributed by atoms with Gasteiger partial charge in [0.15, 0.2) is 0 Å². The number of rotatable bonds is 3. The van der Waals surface area contributed by atoms with Crippen molar-refractivity contribution in [3.05, 3.63) is 22.2 Å². The summed E-state index contributed by atoms with van der Waals surface area (Å²) in [7, 11) is 0. The van der Waals surface area contributed by atoms with Gasteiger partial charge in [-0.2, -0.15) is 0 Å². The van der Waals surface area contributed by atoms with Crippen LogP contribution in [0.5, 0.6) is 5.75 Å². The molecular weight excluding hydrogens is 330 g/mol. The van der Waals surface area contributed by atoms with E-state index in [1.165, 1.54) is 25.7 Å². The molecule has 0 spiro atoms. The van der Waals surface area contributed by atoms with Crippen LogP contribution in [0.15, 0.2) is 16.6 Å². The fraction of sp³-hybridized carbons (Fsp3) is 0.625.